The molecular formula is C21H23N3O3. The van der Waals surface area contributed by atoms with Crippen LogP contribution in [0.4, 0.5) is 0 Å². The Hall–Kier alpha value is -2.47. The molecule has 0 spiro atoms. The number of benzene rings is 1. The van der Waals surface area contributed by atoms with E-state index in [4.69, 9.17) is 9.47 Å². The van der Waals surface area contributed by atoms with Crippen LogP contribution < -0.4 is 9.47 Å². The number of nitrogens with zero attached hydrogens (tertiary/aromatic N) is 3. The number of ether oxygens (including phenoxy) is 2. The van der Waals surface area contributed by atoms with E-state index in [-0.39, 0.29) is 11.9 Å². The maximum atomic E-state index is 13.0. The van der Waals surface area contributed by atoms with Crippen LogP contribution in [0.1, 0.15) is 34.9 Å². The Balaban J connectivity index is 1.26. The number of amides is 1. The number of rotatable bonds is 4. The SMILES string of the molecule is O=C1c2cccn2[C@@H]2CN(Cc3ccc4c(c3)OCO4)C[C@@H]2N1CC1CC1. The maximum Gasteiger partial charge on any atom is 0.270 e. The van der Waals surface area contributed by atoms with Crippen LogP contribution in [0.2, 0.25) is 0 Å². The van der Waals surface area contributed by atoms with E-state index in [0.29, 0.717) is 18.8 Å². The maximum absolute atomic E-state index is 13.0. The molecule has 1 saturated heterocycles. The molecule has 27 heavy (non-hydrogen) atoms. The van der Waals surface area contributed by atoms with Gasteiger partial charge >= 0.3 is 0 Å². The summed E-state index contributed by atoms with van der Waals surface area (Å²) in [5, 5.41) is 0. The van der Waals surface area contributed by atoms with Crippen molar-refractivity contribution in [1.82, 2.24) is 14.4 Å². The van der Waals surface area contributed by atoms with Crippen LogP contribution >= 0.6 is 0 Å². The van der Waals surface area contributed by atoms with Crippen LogP contribution in [-0.2, 0) is 6.54 Å². The summed E-state index contributed by atoms with van der Waals surface area (Å²) >= 11 is 0. The van der Waals surface area contributed by atoms with E-state index in [2.05, 4.69) is 32.7 Å². The van der Waals surface area contributed by atoms with Crippen molar-refractivity contribution in [3.8, 4) is 11.5 Å². The van der Waals surface area contributed by atoms with Crippen LogP contribution in [0, 0.1) is 5.92 Å². The normalized spacial score (nSPS) is 26.4. The monoisotopic (exact) mass is 365 g/mol. The standard InChI is InChI=1S/C21H23N3O3/c25-21-16-2-1-7-23(16)17-11-22(12-18(17)24(21)10-14-3-4-14)9-15-5-6-19-20(8-15)27-13-26-19/h1-2,5-8,14,17-18H,3-4,9-13H2/t17-,18+/m1/s1. The first kappa shape index (κ1) is 15.6. The molecule has 2 aromatic rings. The Morgan fingerprint density at radius 3 is 2.78 bits per heavy atom. The lowest BCUT2D eigenvalue weighted by Crippen LogP contribution is -2.51. The highest BCUT2D eigenvalue weighted by molar-refractivity contribution is 5.94. The molecule has 6 nitrogen and oxygen atoms in total. The zero-order chi connectivity index (χ0) is 18.0. The lowest BCUT2D eigenvalue weighted by Gasteiger charge is -2.38. The number of aromatic nitrogens is 1. The molecule has 6 rings (SSSR count). The quantitative estimate of drug-likeness (QED) is 0.835. The summed E-state index contributed by atoms with van der Waals surface area (Å²) < 4.78 is 13.1. The van der Waals surface area contributed by atoms with E-state index in [1.165, 1.54) is 18.4 Å². The second-order valence-corrected chi connectivity index (χ2v) is 8.22. The van der Waals surface area contributed by atoms with E-state index >= 15 is 0 Å². The van der Waals surface area contributed by atoms with E-state index in [9.17, 15) is 4.79 Å². The van der Waals surface area contributed by atoms with Gasteiger partial charge in [-0.2, -0.15) is 0 Å². The van der Waals surface area contributed by atoms with Gasteiger partial charge in [0.15, 0.2) is 11.5 Å². The number of fused-ring (bicyclic) bond motifs is 4. The smallest absolute Gasteiger partial charge is 0.270 e. The highest BCUT2D eigenvalue weighted by Crippen LogP contribution is 2.39. The first-order valence-corrected chi connectivity index (χ1v) is 9.85. The van der Waals surface area contributed by atoms with Crippen molar-refractivity contribution in [2.75, 3.05) is 26.4 Å². The van der Waals surface area contributed by atoms with Crippen molar-refractivity contribution in [3.05, 3.63) is 47.8 Å². The minimum atomic E-state index is 0.207. The van der Waals surface area contributed by atoms with E-state index in [1.54, 1.807) is 0 Å². The van der Waals surface area contributed by atoms with Crippen molar-refractivity contribution >= 4 is 5.91 Å². The van der Waals surface area contributed by atoms with E-state index in [1.807, 2.05) is 18.2 Å². The summed E-state index contributed by atoms with van der Waals surface area (Å²) in [4.78, 5) is 17.7. The molecule has 0 unspecified atom stereocenters. The summed E-state index contributed by atoms with van der Waals surface area (Å²) in [5.74, 6) is 2.58. The predicted octanol–water partition coefficient (Wildman–Crippen LogP) is 2.51. The lowest BCUT2D eigenvalue weighted by molar-refractivity contribution is 0.0565. The fourth-order valence-corrected chi connectivity index (χ4v) is 4.81. The average molecular weight is 365 g/mol. The molecule has 1 saturated carbocycles. The van der Waals surface area contributed by atoms with Crippen LogP contribution in [0.3, 0.4) is 0 Å². The van der Waals surface area contributed by atoms with Crippen LogP contribution in [-0.4, -0.2) is 52.7 Å². The molecule has 2 fully saturated rings. The summed E-state index contributed by atoms with van der Waals surface area (Å²) in [6, 6.07) is 10.8. The molecular weight excluding hydrogens is 342 g/mol. The van der Waals surface area contributed by atoms with Gasteiger partial charge in [-0.1, -0.05) is 6.07 Å². The molecule has 1 aromatic carbocycles. The number of carbonyl (C=O) groups excluding carboxylic acids is 1. The Morgan fingerprint density at radius 1 is 1.04 bits per heavy atom. The first-order chi connectivity index (χ1) is 13.3. The zero-order valence-electron chi connectivity index (χ0n) is 15.2. The fourth-order valence-electron chi connectivity index (χ4n) is 4.81. The molecule has 0 N–H and O–H groups in total. The van der Waals surface area contributed by atoms with Crippen molar-refractivity contribution in [2.45, 2.75) is 31.5 Å². The molecule has 6 heteroatoms. The molecule has 1 aliphatic carbocycles. The topological polar surface area (TPSA) is 46.9 Å². The Morgan fingerprint density at radius 2 is 1.89 bits per heavy atom. The third kappa shape index (κ3) is 2.54. The molecule has 2 atom stereocenters. The van der Waals surface area contributed by atoms with Gasteiger partial charge in [0.05, 0.1) is 12.1 Å². The van der Waals surface area contributed by atoms with Gasteiger partial charge in [0.2, 0.25) is 6.79 Å². The molecule has 140 valence electrons. The minimum Gasteiger partial charge on any atom is -0.454 e. The van der Waals surface area contributed by atoms with Crippen LogP contribution in [0.15, 0.2) is 36.5 Å². The van der Waals surface area contributed by atoms with E-state index < -0.39 is 0 Å². The third-order valence-corrected chi connectivity index (χ3v) is 6.35. The summed E-state index contributed by atoms with van der Waals surface area (Å²) in [5.41, 5.74) is 2.08. The van der Waals surface area contributed by atoms with Gasteiger partial charge in [-0.05, 0) is 48.6 Å². The zero-order valence-corrected chi connectivity index (χ0v) is 15.2. The lowest BCUT2D eigenvalue weighted by atomic mass is 10.1. The summed E-state index contributed by atoms with van der Waals surface area (Å²) in [7, 11) is 0. The summed E-state index contributed by atoms with van der Waals surface area (Å²) in [6.07, 6.45) is 4.61. The molecule has 3 aliphatic heterocycles. The average Bonchev–Trinajstić information content (AvgIpc) is 3.07. The minimum absolute atomic E-state index is 0.207. The molecule has 1 aromatic heterocycles. The second-order valence-electron chi connectivity index (χ2n) is 8.22. The largest absolute Gasteiger partial charge is 0.454 e. The third-order valence-electron chi connectivity index (χ3n) is 6.35. The summed E-state index contributed by atoms with van der Waals surface area (Å²) in [6.45, 7) is 3.99. The van der Waals surface area contributed by atoms with Gasteiger partial charge in [-0.15, -0.1) is 0 Å². The van der Waals surface area contributed by atoms with Gasteiger partial charge in [0, 0.05) is 32.4 Å². The highest BCUT2D eigenvalue weighted by Gasteiger charge is 2.46. The molecule has 0 radical (unpaired) electrons. The van der Waals surface area contributed by atoms with Crippen molar-refractivity contribution in [1.29, 1.82) is 0 Å². The van der Waals surface area contributed by atoms with Crippen molar-refractivity contribution < 1.29 is 14.3 Å². The molecule has 0 bridgehead atoms. The molecule has 1 amide bonds. The Kier molecular flexibility index (Phi) is 3.32. The Bertz CT molecular complexity index is 904. The molecule has 4 heterocycles. The van der Waals surface area contributed by atoms with Gasteiger partial charge in [0.25, 0.3) is 5.91 Å². The van der Waals surface area contributed by atoms with Gasteiger partial charge in [-0.3, -0.25) is 9.69 Å². The van der Waals surface area contributed by atoms with Gasteiger partial charge in [-0.25, -0.2) is 0 Å². The van der Waals surface area contributed by atoms with Crippen molar-refractivity contribution in [3.63, 3.8) is 0 Å². The van der Waals surface area contributed by atoms with Crippen LogP contribution in [0.5, 0.6) is 11.5 Å². The first-order valence-electron chi connectivity index (χ1n) is 9.85. The molecule has 4 aliphatic rings. The number of hydrogen-bond acceptors (Lipinski definition) is 4. The Labute approximate surface area is 158 Å². The fraction of sp³-hybridized carbons (Fsp3) is 0.476. The highest BCUT2D eigenvalue weighted by atomic mass is 16.7. The van der Waals surface area contributed by atoms with Crippen LogP contribution in [0.25, 0.3) is 0 Å². The van der Waals surface area contributed by atoms with Crippen molar-refractivity contribution in [2.24, 2.45) is 5.92 Å². The van der Waals surface area contributed by atoms with Gasteiger partial charge in [0.1, 0.15) is 5.69 Å². The number of hydrogen-bond donors (Lipinski definition) is 0. The van der Waals surface area contributed by atoms with E-state index in [0.717, 1.165) is 43.4 Å². The predicted molar refractivity (Wildman–Crippen MR) is 98.9 cm³/mol. The van der Waals surface area contributed by atoms with Gasteiger partial charge < -0.3 is 18.9 Å². The second kappa shape index (κ2) is 5.76. The number of carbonyl (C=O) groups is 1. The number of likely N-dealkylation sites (tertiary alicyclic amines) is 1.